The van der Waals surface area contributed by atoms with Gasteiger partial charge >= 0.3 is 5.69 Å². The molecule has 7 nitrogen and oxygen atoms in total. The fraction of sp³-hybridized carbons (Fsp3) is 0.417. The number of fused-ring (bicyclic) bond motifs is 1. The summed E-state index contributed by atoms with van der Waals surface area (Å²) >= 11 is 0. The van der Waals surface area contributed by atoms with Crippen molar-refractivity contribution < 1.29 is 8.42 Å². The lowest BCUT2D eigenvalue weighted by Crippen LogP contribution is -2.52. The lowest BCUT2D eigenvalue weighted by Gasteiger charge is -2.32. The Morgan fingerprint density at radius 2 is 2.00 bits per heavy atom. The third kappa shape index (κ3) is 2.15. The van der Waals surface area contributed by atoms with Crippen molar-refractivity contribution in [1.82, 2.24) is 19.6 Å². The summed E-state index contributed by atoms with van der Waals surface area (Å²) in [5, 5.41) is 3.16. The molecule has 1 aliphatic rings. The second-order valence-corrected chi connectivity index (χ2v) is 6.85. The highest BCUT2D eigenvalue weighted by Crippen LogP contribution is 2.21. The van der Waals surface area contributed by atoms with Gasteiger partial charge in [-0.15, -0.1) is 0 Å². The molecule has 1 saturated heterocycles. The van der Waals surface area contributed by atoms with E-state index >= 15 is 0 Å². The number of hydrogen-bond donors (Lipinski definition) is 3. The van der Waals surface area contributed by atoms with E-state index in [4.69, 9.17) is 0 Å². The summed E-state index contributed by atoms with van der Waals surface area (Å²) in [5.41, 5.74) is 0.756. The summed E-state index contributed by atoms with van der Waals surface area (Å²) in [6, 6.07) is 4.54. The Morgan fingerprint density at radius 3 is 2.75 bits per heavy atom. The van der Waals surface area contributed by atoms with Crippen LogP contribution >= 0.6 is 0 Å². The SMILES string of the molecule is C[C@H]1CNCCN1S(=O)(=O)c1ccc2[nH]c(=O)[nH]c2c1. The molecular formula is C12H16N4O3S. The zero-order valence-electron chi connectivity index (χ0n) is 11.0. The van der Waals surface area contributed by atoms with Crippen molar-refractivity contribution in [3.8, 4) is 0 Å². The van der Waals surface area contributed by atoms with Crippen molar-refractivity contribution in [2.45, 2.75) is 17.9 Å². The number of H-pyrrole nitrogens is 2. The smallest absolute Gasteiger partial charge is 0.314 e. The van der Waals surface area contributed by atoms with E-state index in [2.05, 4.69) is 15.3 Å². The van der Waals surface area contributed by atoms with Crippen molar-refractivity contribution >= 4 is 21.1 Å². The first-order valence-corrected chi connectivity index (χ1v) is 7.87. The second-order valence-electron chi connectivity index (χ2n) is 4.96. The zero-order chi connectivity index (χ0) is 14.3. The van der Waals surface area contributed by atoms with Crippen LogP contribution in [-0.4, -0.2) is 48.4 Å². The number of sulfonamides is 1. The van der Waals surface area contributed by atoms with E-state index in [0.717, 1.165) is 0 Å². The monoisotopic (exact) mass is 296 g/mol. The van der Waals surface area contributed by atoms with E-state index in [-0.39, 0.29) is 16.6 Å². The molecule has 0 unspecified atom stereocenters. The normalized spacial score (nSPS) is 21.4. The van der Waals surface area contributed by atoms with E-state index in [1.807, 2.05) is 6.92 Å². The Bertz CT molecular complexity index is 792. The lowest BCUT2D eigenvalue weighted by molar-refractivity contribution is 0.284. The Morgan fingerprint density at radius 1 is 1.25 bits per heavy atom. The van der Waals surface area contributed by atoms with Crippen LogP contribution < -0.4 is 11.0 Å². The van der Waals surface area contributed by atoms with E-state index in [1.54, 1.807) is 6.07 Å². The number of nitrogens with zero attached hydrogens (tertiary/aromatic N) is 1. The van der Waals surface area contributed by atoms with Gasteiger partial charge in [0, 0.05) is 25.7 Å². The Hall–Kier alpha value is -1.64. The van der Waals surface area contributed by atoms with E-state index in [9.17, 15) is 13.2 Å². The predicted octanol–water partition coefficient (Wildman–Crippen LogP) is -0.161. The van der Waals surface area contributed by atoms with Crippen LogP contribution in [0, 0.1) is 0 Å². The van der Waals surface area contributed by atoms with Gasteiger partial charge in [0.05, 0.1) is 15.9 Å². The molecule has 1 aromatic heterocycles. The molecule has 3 rings (SSSR count). The molecule has 1 atom stereocenters. The van der Waals surface area contributed by atoms with Crippen LogP contribution in [0.1, 0.15) is 6.92 Å². The fourth-order valence-electron chi connectivity index (χ4n) is 2.49. The van der Waals surface area contributed by atoms with E-state index in [0.29, 0.717) is 30.7 Å². The minimum absolute atomic E-state index is 0.0882. The fourth-order valence-corrected chi connectivity index (χ4v) is 4.14. The summed E-state index contributed by atoms with van der Waals surface area (Å²) in [6.45, 7) is 3.61. The summed E-state index contributed by atoms with van der Waals surface area (Å²) in [5.74, 6) is 0. The number of imidazole rings is 1. The number of rotatable bonds is 2. The summed E-state index contributed by atoms with van der Waals surface area (Å²) in [7, 11) is -3.54. The first-order chi connectivity index (χ1) is 9.48. The van der Waals surface area contributed by atoms with Gasteiger partial charge in [-0.2, -0.15) is 4.31 Å². The average Bonchev–Trinajstić information content (AvgIpc) is 2.78. The summed E-state index contributed by atoms with van der Waals surface area (Å²) in [4.78, 5) is 16.6. The molecular weight excluding hydrogens is 280 g/mol. The standard InChI is InChI=1S/C12H16N4O3S/c1-8-7-13-4-5-16(8)20(18,19)9-2-3-10-11(6-9)15-12(17)14-10/h2-3,6,8,13H,4-5,7H2,1H3,(H2,14,15,17)/t8-/m0/s1. The van der Waals surface area contributed by atoms with Crippen LogP contribution in [0.4, 0.5) is 0 Å². The largest absolute Gasteiger partial charge is 0.323 e. The molecule has 0 aliphatic carbocycles. The Labute approximate surface area is 116 Å². The molecule has 0 amide bonds. The maximum absolute atomic E-state index is 12.6. The first kappa shape index (κ1) is 13.3. The molecule has 108 valence electrons. The van der Waals surface area contributed by atoms with Crippen molar-refractivity contribution in [2.75, 3.05) is 19.6 Å². The van der Waals surface area contributed by atoms with Gasteiger partial charge in [-0.3, -0.25) is 0 Å². The quantitative estimate of drug-likeness (QED) is 0.717. The van der Waals surface area contributed by atoms with Crippen molar-refractivity contribution in [1.29, 1.82) is 0 Å². The van der Waals surface area contributed by atoms with Crippen LogP contribution in [0.2, 0.25) is 0 Å². The van der Waals surface area contributed by atoms with Gasteiger partial charge in [0.25, 0.3) is 0 Å². The zero-order valence-corrected chi connectivity index (χ0v) is 11.8. The van der Waals surface area contributed by atoms with Gasteiger partial charge in [0.1, 0.15) is 0 Å². The molecule has 0 saturated carbocycles. The minimum atomic E-state index is -3.54. The van der Waals surface area contributed by atoms with Crippen LogP contribution in [-0.2, 0) is 10.0 Å². The topological polar surface area (TPSA) is 98.1 Å². The van der Waals surface area contributed by atoms with Gasteiger partial charge in [0.2, 0.25) is 10.0 Å². The van der Waals surface area contributed by atoms with Gasteiger partial charge in [-0.05, 0) is 25.1 Å². The molecule has 1 fully saturated rings. The molecule has 3 N–H and O–H groups in total. The van der Waals surface area contributed by atoms with Gasteiger partial charge in [0.15, 0.2) is 0 Å². The number of piperazine rings is 1. The van der Waals surface area contributed by atoms with E-state index < -0.39 is 10.0 Å². The third-order valence-electron chi connectivity index (χ3n) is 3.53. The van der Waals surface area contributed by atoms with Crippen molar-refractivity contribution in [2.24, 2.45) is 0 Å². The van der Waals surface area contributed by atoms with Crippen molar-refractivity contribution in [3.63, 3.8) is 0 Å². The number of benzene rings is 1. The van der Waals surface area contributed by atoms with Crippen LogP contribution in [0.3, 0.4) is 0 Å². The predicted molar refractivity (Wildman–Crippen MR) is 75.1 cm³/mol. The maximum atomic E-state index is 12.6. The number of aromatic nitrogens is 2. The molecule has 1 aliphatic heterocycles. The van der Waals surface area contributed by atoms with Crippen molar-refractivity contribution in [3.05, 3.63) is 28.7 Å². The summed E-state index contributed by atoms with van der Waals surface area (Å²) < 4.78 is 26.8. The van der Waals surface area contributed by atoms with Crippen LogP contribution in [0.5, 0.6) is 0 Å². The molecule has 0 bridgehead atoms. The molecule has 0 spiro atoms. The highest BCUT2D eigenvalue weighted by atomic mass is 32.2. The number of nitrogens with one attached hydrogen (secondary N) is 3. The maximum Gasteiger partial charge on any atom is 0.323 e. The lowest BCUT2D eigenvalue weighted by atomic mass is 10.3. The van der Waals surface area contributed by atoms with Gasteiger partial charge < -0.3 is 15.3 Å². The highest BCUT2D eigenvalue weighted by Gasteiger charge is 2.31. The molecule has 1 aromatic carbocycles. The Balaban J connectivity index is 2.05. The minimum Gasteiger partial charge on any atom is -0.314 e. The highest BCUT2D eigenvalue weighted by molar-refractivity contribution is 7.89. The Kier molecular flexibility index (Phi) is 3.15. The molecule has 0 radical (unpaired) electrons. The molecule has 2 heterocycles. The number of aromatic amines is 2. The van der Waals surface area contributed by atoms with Crippen LogP contribution in [0.25, 0.3) is 11.0 Å². The molecule has 2 aromatic rings. The second kappa shape index (κ2) is 4.72. The van der Waals surface area contributed by atoms with E-state index in [1.165, 1.54) is 16.4 Å². The average molecular weight is 296 g/mol. The van der Waals surface area contributed by atoms with Crippen LogP contribution in [0.15, 0.2) is 27.9 Å². The summed E-state index contributed by atoms with van der Waals surface area (Å²) in [6.07, 6.45) is 0. The molecule has 8 heteroatoms. The van der Waals surface area contributed by atoms with Gasteiger partial charge in [-0.25, -0.2) is 13.2 Å². The third-order valence-corrected chi connectivity index (χ3v) is 5.54. The molecule has 20 heavy (non-hydrogen) atoms. The van der Waals surface area contributed by atoms with Gasteiger partial charge in [-0.1, -0.05) is 0 Å². The first-order valence-electron chi connectivity index (χ1n) is 6.43. The number of hydrogen-bond acceptors (Lipinski definition) is 4.